The molecular weight excluding hydrogens is 490 g/mol. The minimum absolute atomic E-state index is 0.0306. The molecule has 1 heterocycles. The topological polar surface area (TPSA) is 101 Å². The Morgan fingerprint density at radius 1 is 1.00 bits per heavy atom. The monoisotopic (exact) mass is 508 g/mol. The van der Waals surface area contributed by atoms with Crippen molar-refractivity contribution in [1.29, 1.82) is 0 Å². The molecule has 1 saturated heterocycles. The molecule has 1 aliphatic heterocycles. The van der Waals surface area contributed by atoms with Gasteiger partial charge in [0.05, 0.1) is 26.7 Å². The van der Waals surface area contributed by atoms with Gasteiger partial charge in [-0.15, -0.1) is 0 Å². The van der Waals surface area contributed by atoms with Crippen LogP contribution in [0.5, 0.6) is 0 Å². The van der Waals surface area contributed by atoms with E-state index >= 15 is 0 Å². The van der Waals surface area contributed by atoms with Crippen molar-refractivity contribution in [2.45, 2.75) is 27.9 Å². The van der Waals surface area contributed by atoms with Crippen LogP contribution in [0.2, 0.25) is 10.0 Å². The van der Waals surface area contributed by atoms with Crippen LogP contribution in [0, 0.1) is 5.82 Å². The van der Waals surface area contributed by atoms with Crippen LogP contribution < -0.4 is 4.72 Å². The van der Waals surface area contributed by atoms with Crippen LogP contribution in [0.3, 0.4) is 0 Å². The average Bonchev–Trinajstić information content (AvgIpc) is 2.72. The Morgan fingerprint density at radius 3 is 2.10 bits per heavy atom. The van der Waals surface area contributed by atoms with Gasteiger partial charge >= 0.3 is 0 Å². The van der Waals surface area contributed by atoms with Gasteiger partial charge in [0.2, 0.25) is 15.9 Å². The van der Waals surface area contributed by atoms with Gasteiger partial charge in [0, 0.05) is 13.1 Å². The highest BCUT2D eigenvalue weighted by molar-refractivity contribution is 7.92. The lowest BCUT2D eigenvalue weighted by Crippen LogP contribution is -2.46. The van der Waals surface area contributed by atoms with Crippen molar-refractivity contribution in [3.8, 4) is 0 Å². The molecule has 0 aromatic heterocycles. The van der Waals surface area contributed by atoms with E-state index in [2.05, 4.69) is 4.72 Å². The third-order valence-corrected chi connectivity index (χ3v) is 9.61. The second kappa shape index (κ2) is 9.41. The summed E-state index contributed by atoms with van der Waals surface area (Å²) in [6.07, 6.45) is 0.378. The average molecular weight is 509 g/mol. The molecular formula is C19H19Cl2FN2O5S2. The molecule has 2 aromatic rings. The maximum absolute atomic E-state index is 13.1. The normalized spacial score (nSPS) is 15.8. The lowest BCUT2D eigenvalue weighted by Gasteiger charge is -2.31. The molecule has 1 N–H and O–H groups in total. The molecule has 1 aliphatic rings. The molecule has 0 radical (unpaired) electrons. The zero-order valence-corrected chi connectivity index (χ0v) is 19.2. The highest BCUT2D eigenvalue weighted by Gasteiger charge is 2.33. The lowest BCUT2D eigenvalue weighted by atomic mass is 10.1. The molecule has 2 aromatic carbocycles. The van der Waals surface area contributed by atoms with Crippen LogP contribution in [0.1, 0.15) is 12.8 Å². The number of halogens is 3. The van der Waals surface area contributed by atoms with Gasteiger partial charge in [-0.3, -0.25) is 4.79 Å². The van der Waals surface area contributed by atoms with Crippen molar-refractivity contribution >= 4 is 49.0 Å². The summed E-state index contributed by atoms with van der Waals surface area (Å²) in [5.41, 5.74) is 0. The highest BCUT2D eigenvalue weighted by Crippen LogP contribution is 2.29. The Morgan fingerprint density at radius 2 is 1.55 bits per heavy atom. The number of hydrogen-bond donors (Lipinski definition) is 1. The summed E-state index contributed by atoms with van der Waals surface area (Å²) in [5.74, 6) is -1.02. The summed E-state index contributed by atoms with van der Waals surface area (Å²) < 4.78 is 65.6. The molecule has 168 valence electrons. The number of likely N-dealkylation sites (tertiary alicyclic amines) is 1. The third kappa shape index (κ3) is 5.38. The highest BCUT2D eigenvalue weighted by atomic mass is 35.5. The molecule has 0 saturated carbocycles. The molecule has 0 atom stereocenters. The van der Waals surface area contributed by atoms with E-state index in [0.717, 1.165) is 12.1 Å². The smallest absolute Gasteiger partial charge is 0.244 e. The first-order valence-corrected chi connectivity index (χ1v) is 13.0. The Hall–Kier alpha value is -1.72. The van der Waals surface area contributed by atoms with E-state index in [0.29, 0.717) is 0 Å². The number of hydrogen-bond acceptors (Lipinski definition) is 5. The summed E-state index contributed by atoms with van der Waals surface area (Å²) in [6.45, 7) is -0.212. The van der Waals surface area contributed by atoms with Gasteiger partial charge in [-0.25, -0.2) is 25.9 Å². The number of sulfone groups is 1. The van der Waals surface area contributed by atoms with E-state index in [1.807, 2.05) is 0 Å². The summed E-state index contributed by atoms with van der Waals surface area (Å²) in [5, 5.41) is -0.848. The van der Waals surface area contributed by atoms with Crippen molar-refractivity contribution in [3.05, 3.63) is 58.3 Å². The molecule has 1 amide bonds. The Kier molecular flexibility index (Phi) is 7.27. The zero-order chi connectivity index (χ0) is 22.8. The van der Waals surface area contributed by atoms with Crippen LogP contribution >= 0.6 is 23.2 Å². The van der Waals surface area contributed by atoms with Gasteiger partial charge in [0.25, 0.3) is 0 Å². The zero-order valence-electron chi connectivity index (χ0n) is 16.1. The fourth-order valence-corrected chi connectivity index (χ4v) is 7.16. The summed E-state index contributed by atoms with van der Waals surface area (Å²) in [6, 6.07) is 8.85. The minimum atomic E-state index is -4.12. The second-order valence-electron chi connectivity index (χ2n) is 6.95. The van der Waals surface area contributed by atoms with Gasteiger partial charge < -0.3 is 4.90 Å². The van der Waals surface area contributed by atoms with E-state index in [4.69, 9.17) is 23.2 Å². The quantitative estimate of drug-likeness (QED) is 0.604. The predicted octanol–water partition coefficient (Wildman–Crippen LogP) is 2.88. The summed E-state index contributed by atoms with van der Waals surface area (Å²) >= 11 is 11.8. The van der Waals surface area contributed by atoms with E-state index in [-0.39, 0.29) is 45.8 Å². The fourth-order valence-electron chi connectivity index (χ4n) is 3.31. The van der Waals surface area contributed by atoms with Gasteiger partial charge in [0.15, 0.2) is 9.84 Å². The first-order valence-electron chi connectivity index (χ1n) is 9.23. The molecule has 12 heteroatoms. The maximum Gasteiger partial charge on any atom is 0.244 e. The number of nitrogens with one attached hydrogen (secondary N) is 1. The molecule has 0 spiro atoms. The molecule has 7 nitrogen and oxygen atoms in total. The first-order chi connectivity index (χ1) is 14.5. The van der Waals surface area contributed by atoms with E-state index < -0.39 is 43.4 Å². The van der Waals surface area contributed by atoms with Crippen LogP contribution in [0.15, 0.2) is 52.3 Å². The number of rotatable bonds is 6. The largest absolute Gasteiger partial charge is 0.341 e. The second-order valence-corrected chi connectivity index (χ2v) is 11.7. The molecule has 0 unspecified atom stereocenters. The molecule has 3 rings (SSSR count). The van der Waals surface area contributed by atoms with E-state index in [9.17, 15) is 26.0 Å². The number of benzene rings is 2. The molecule has 0 bridgehead atoms. The number of sulfonamides is 1. The van der Waals surface area contributed by atoms with Crippen molar-refractivity contribution in [1.82, 2.24) is 9.62 Å². The van der Waals surface area contributed by atoms with E-state index in [1.54, 1.807) is 0 Å². The van der Waals surface area contributed by atoms with Crippen LogP contribution in [-0.2, 0) is 24.7 Å². The van der Waals surface area contributed by atoms with Crippen LogP contribution in [0.25, 0.3) is 0 Å². The minimum Gasteiger partial charge on any atom is -0.341 e. The number of carbonyl (C=O) groups excluding carboxylic acids is 1. The number of nitrogens with zero attached hydrogens (tertiary/aromatic N) is 1. The van der Waals surface area contributed by atoms with Crippen molar-refractivity contribution in [2.24, 2.45) is 0 Å². The molecule has 1 fully saturated rings. The summed E-state index contributed by atoms with van der Waals surface area (Å²) in [4.78, 5) is 13.6. The first kappa shape index (κ1) is 23.9. The van der Waals surface area contributed by atoms with Crippen molar-refractivity contribution in [2.75, 3.05) is 19.6 Å². The molecule has 31 heavy (non-hydrogen) atoms. The molecule has 0 aliphatic carbocycles. The Labute approximate surface area is 190 Å². The van der Waals surface area contributed by atoms with Gasteiger partial charge in [-0.05, 0) is 49.2 Å². The van der Waals surface area contributed by atoms with Crippen LogP contribution in [0.4, 0.5) is 4.39 Å². The van der Waals surface area contributed by atoms with Gasteiger partial charge in [-0.2, -0.15) is 0 Å². The number of amides is 1. The summed E-state index contributed by atoms with van der Waals surface area (Å²) in [7, 11) is -7.77. The van der Waals surface area contributed by atoms with E-state index in [1.165, 1.54) is 35.2 Å². The predicted molar refractivity (Wildman–Crippen MR) is 115 cm³/mol. The number of carbonyl (C=O) groups is 1. The Balaban J connectivity index is 1.60. The van der Waals surface area contributed by atoms with Crippen LogP contribution in [-0.4, -0.2) is 52.5 Å². The van der Waals surface area contributed by atoms with Crippen molar-refractivity contribution < 1.29 is 26.0 Å². The SMILES string of the molecule is O=C(CNS(=O)(=O)c1c(Cl)cccc1Cl)N1CCC(S(=O)(=O)c2ccc(F)cc2)CC1. The third-order valence-electron chi connectivity index (χ3n) is 4.98. The fraction of sp³-hybridized carbons (Fsp3) is 0.316. The van der Waals surface area contributed by atoms with Crippen molar-refractivity contribution in [3.63, 3.8) is 0 Å². The maximum atomic E-state index is 13.1. The van der Waals surface area contributed by atoms with Gasteiger partial charge in [0.1, 0.15) is 10.7 Å². The number of piperidine rings is 1. The lowest BCUT2D eigenvalue weighted by molar-refractivity contribution is -0.130. The standard InChI is InChI=1S/C19H19Cl2FN2O5S2/c20-16-2-1-3-17(21)19(16)31(28,29)23-12-18(25)24-10-8-15(9-11-24)30(26,27)14-6-4-13(22)5-7-14/h1-7,15,23H,8-12H2. The Bertz CT molecular complexity index is 1160. The van der Waals surface area contributed by atoms with Gasteiger partial charge in [-0.1, -0.05) is 29.3 Å².